The van der Waals surface area contributed by atoms with E-state index in [0.717, 1.165) is 31.2 Å². The number of nitrogens with one attached hydrogen (secondary N) is 2. The summed E-state index contributed by atoms with van der Waals surface area (Å²) in [7, 11) is 1.74. The van der Waals surface area contributed by atoms with Gasteiger partial charge in [-0.25, -0.2) is 0 Å². The molecule has 2 N–H and O–H groups in total. The molecule has 0 saturated carbocycles. The highest BCUT2D eigenvalue weighted by Crippen LogP contribution is 2.19. The summed E-state index contributed by atoms with van der Waals surface area (Å²) in [6.45, 7) is 6.61. The fourth-order valence-corrected chi connectivity index (χ4v) is 2.12. The van der Waals surface area contributed by atoms with Gasteiger partial charge >= 0.3 is 0 Å². The first kappa shape index (κ1) is 12.4. The van der Waals surface area contributed by atoms with Crippen molar-refractivity contribution in [2.75, 3.05) is 33.3 Å². The van der Waals surface area contributed by atoms with Crippen LogP contribution in [0.3, 0.4) is 0 Å². The van der Waals surface area contributed by atoms with E-state index in [1.54, 1.807) is 7.11 Å². The number of hydrogen-bond acceptors (Lipinski definition) is 3. The number of benzene rings is 1. The molecule has 2 rings (SSSR count). The van der Waals surface area contributed by atoms with Crippen molar-refractivity contribution in [2.24, 2.45) is 5.92 Å². The van der Waals surface area contributed by atoms with Crippen LogP contribution in [0.4, 0.5) is 0 Å². The molecule has 0 aliphatic carbocycles. The minimum Gasteiger partial charge on any atom is -0.496 e. The van der Waals surface area contributed by atoms with Gasteiger partial charge in [0.1, 0.15) is 5.75 Å². The number of rotatable bonds is 6. The lowest BCUT2D eigenvalue weighted by molar-refractivity contribution is 0.332. The quantitative estimate of drug-likeness (QED) is 0.729. The third-order valence-corrected chi connectivity index (χ3v) is 3.31. The maximum atomic E-state index is 5.37. The summed E-state index contributed by atoms with van der Waals surface area (Å²) in [5.74, 6) is 1.83. The van der Waals surface area contributed by atoms with Crippen LogP contribution in [0.1, 0.15) is 11.1 Å². The summed E-state index contributed by atoms with van der Waals surface area (Å²) in [5.41, 5.74) is 2.59. The molecule has 0 aromatic heterocycles. The van der Waals surface area contributed by atoms with Crippen LogP contribution in [0.25, 0.3) is 0 Å². The highest BCUT2D eigenvalue weighted by molar-refractivity contribution is 5.37. The van der Waals surface area contributed by atoms with E-state index < -0.39 is 0 Å². The predicted molar refractivity (Wildman–Crippen MR) is 70.7 cm³/mol. The summed E-state index contributed by atoms with van der Waals surface area (Å²) in [5, 5.41) is 6.80. The van der Waals surface area contributed by atoms with Crippen molar-refractivity contribution >= 4 is 0 Å². The molecule has 1 aromatic carbocycles. The van der Waals surface area contributed by atoms with Gasteiger partial charge in [-0.05, 0) is 37.4 Å². The first-order valence-electron chi connectivity index (χ1n) is 6.34. The summed E-state index contributed by atoms with van der Waals surface area (Å²) in [6.07, 6.45) is 1.03. The fraction of sp³-hybridized carbons (Fsp3) is 0.571. The van der Waals surface area contributed by atoms with E-state index in [0.29, 0.717) is 0 Å². The number of ether oxygens (including phenoxy) is 1. The van der Waals surface area contributed by atoms with E-state index in [4.69, 9.17) is 4.74 Å². The molecule has 17 heavy (non-hydrogen) atoms. The molecule has 1 aliphatic rings. The minimum atomic E-state index is 0.828. The maximum absolute atomic E-state index is 5.37. The third kappa shape index (κ3) is 3.45. The van der Waals surface area contributed by atoms with Crippen LogP contribution < -0.4 is 15.4 Å². The molecule has 0 bridgehead atoms. The van der Waals surface area contributed by atoms with Crippen molar-refractivity contribution < 1.29 is 4.74 Å². The van der Waals surface area contributed by atoms with E-state index in [9.17, 15) is 0 Å². The zero-order valence-corrected chi connectivity index (χ0v) is 10.8. The van der Waals surface area contributed by atoms with Gasteiger partial charge in [-0.3, -0.25) is 0 Å². The highest BCUT2D eigenvalue weighted by atomic mass is 16.5. The molecule has 1 aliphatic heterocycles. The van der Waals surface area contributed by atoms with Crippen molar-refractivity contribution in [3.05, 3.63) is 29.3 Å². The Hall–Kier alpha value is -1.06. The molecule has 1 aromatic rings. The molecule has 0 unspecified atom stereocenters. The Morgan fingerprint density at radius 2 is 2.24 bits per heavy atom. The number of hydrogen-bond donors (Lipinski definition) is 2. The molecule has 1 heterocycles. The molecule has 3 heteroatoms. The van der Waals surface area contributed by atoms with Crippen LogP contribution in [0.2, 0.25) is 0 Å². The Bertz CT molecular complexity index is 361. The normalized spacial score (nSPS) is 15.6. The van der Waals surface area contributed by atoms with Crippen LogP contribution >= 0.6 is 0 Å². The summed E-state index contributed by atoms with van der Waals surface area (Å²) >= 11 is 0. The minimum absolute atomic E-state index is 0.828. The average molecular weight is 234 g/mol. The van der Waals surface area contributed by atoms with Crippen LogP contribution in [-0.4, -0.2) is 33.3 Å². The van der Waals surface area contributed by atoms with Gasteiger partial charge in [0.15, 0.2) is 0 Å². The maximum Gasteiger partial charge on any atom is 0.122 e. The van der Waals surface area contributed by atoms with Gasteiger partial charge in [0, 0.05) is 19.6 Å². The molecule has 1 fully saturated rings. The van der Waals surface area contributed by atoms with Gasteiger partial charge in [-0.15, -0.1) is 0 Å². The Kier molecular flexibility index (Phi) is 4.40. The largest absolute Gasteiger partial charge is 0.496 e. The van der Waals surface area contributed by atoms with Crippen LogP contribution in [0, 0.1) is 12.8 Å². The molecule has 1 saturated heterocycles. The van der Waals surface area contributed by atoms with E-state index in [-0.39, 0.29) is 0 Å². The zero-order chi connectivity index (χ0) is 12.1. The third-order valence-electron chi connectivity index (χ3n) is 3.31. The van der Waals surface area contributed by atoms with Gasteiger partial charge in [-0.2, -0.15) is 0 Å². The number of aryl methyl sites for hydroxylation is 1. The fourth-order valence-electron chi connectivity index (χ4n) is 2.12. The van der Waals surface area contributed by atoms with Crippen molar-refractivity contribution in [2.45, 2.75) is 13.3 Å². The Labute approximate surface area is 104 Å². The van der Waals surface area contributed by atoms with E-state index in [1.165, 1.54) is 24.2 Å². The molecule has 3 nitrogen and oxygen atoms in total. The van der Waals surface area contributed by atoms with E-state index in [2.05, 4.69) is 35.8 Å². The summed E-state index contributed by atoms with van der Waals surface area (Å²) in [4.78, 5) is 0. The smallest absolute Gasteiger partial charge is 0.122 e. The summed E-state index contributed by atoms with van der Waals surface area (Å²) in [6, 6.07) is 6.36. The van der Waals surface area contributed by atoms with Crippen molar-refractivity contribution in [3.8, 4) is 5.75 Å². The lowest BCUT2D eigenvalue weighted by Crippen LogP contribution is -2.47. The average Bonchev–Trinajstić information content (AvgIpc) is 2.26. The van der Waals surface area contributed by atoms with Crippen molar-refractivity contribution in [1.29, 1.82) is 0 Å². The predicted octanol–water partition coefficient (Wildman–Crippen LogP) is 1.36. The van der Waals surface area contributed by atoms with E-state index >= 15 is 0 Å². The Morgan fingerprint density at radius 3 is 2.88 bits per heavy atom. The Morgan fingerprint density at radius 1 is 1.41 bits per heavy atom. The van der Waals surface area contributed by atoms with Crippen LogP contribution in [0.15, 0.2) is 18.2 Å². The molecule has 0 spiro atoms. The monoisotopic (exact) mass is 234 g/mol. The number of methoxy groups -OCH3 is 1. The first-order valence-corrected chi connectivity index (χ1v) is 6.34. The van der Waals surface area contributed by atoms with Crippen LogP contribution in [-0.2, 0) is 6.42 Å². The van der Waals surface area contributed by atoms with Gasteiger partial charge in [0.25, 0.3) is 0 Å². The van der Waals surface area contributed by atoms with Crippen LogP contribution in [0.5, 0.6) is 5.75 Å². The molecular formula is C14H22N2O. The Balaban J connectivity index is 1.78. The zero-order valence-electron chi connectivity index (χ0n) is 10.8. The van der Waals surface area contributed by atoms with Crippen molar-refractivity contribution in [3.63, 3.8) is 0 Å². The van der Waals surface area contributed by atoms with E-state index in [1.807, 2.05) is 0 Å². The van der Waals surface area contributed by atoms with Gasteiger partial charge in [0.2, 0.25) is 0 Å². The standard InChI is InChI=1S/C14H22N2O/c1-11-3-4-14(17-2)13(7-11)5-6-15-8-12-9-16-10-12/h3-4,7,12,15-16H,5-6,8-10H2,1-2H3. The molecule has 0 atom stereocenters. The highest BCUT2D eigenvalue weighted by Gasteiger charge is 2.15. The molecule has 0 radical (unpaired) electrons. The molecule has 0 amide bonds. The second-order valence-electron chi connectivity index (χ2n) is 4.79. The molecular weight excluding hydrogens is 212 g/mol. The lowest BCUT2D eigenvalue weighted by atomic mass is 10.0. The topological polar surface area (TPSA) is 33.3 Å². The van der Waals surface area contributed by atoms with Gasteiger partial charge in [0.05, 0.1) is 7.11 Å². The molecule has 94 valence electrons. The first-order chi connectivity index (χ1) is 8.29. The van der Waals surface area contributed by atoms with Gasteiger partial charge in [-0.1, -0.05) is 17.7 Å². The lowest BCUT2D eigenvalue weighted by Gasteiger charge is -2.27. The SMILES string of the molecule is COc1ccc(C)cc1CCNCC1CNC1. The second-order valence-corrected chi connectivity index (χ2v) is 4.79. The summed E-state index contributed by atoms with van der Waals surface area (Å²) < 4.78 is 5.37. The van der Waals surface area contributed by atoms with Gasteiger partial charge < -0.3 is 15.4 Å². The van der Waals surface area contributed by atoms with Crippen molar-refractivity contribution in [1.82, 2.24) is 10.6 Å². The second kappa shape index (κ2) is 6.03.